The second-order valence-electron chi connectivity index (χ2n) is 7.35. The Hall–Kier alpha value is -3.18. The van der Waals surface area contributed by atoms with Gasteiger partial charge in [0.05, 0.1) is 29.5 Å². The number of hydrogen-bond donors (Lipinski definition) is 0. The zero-order valence-electron chi connectivity index (χ0n) is 16.5. The highest BCUT2D eigenvalue weighted by Gasteiger charge is 2.22. The molecule has 0 fully saturated rings. The third-order valence-corrected chi connectivity index (χ3v) is 4.16. The first-order valence-corrected chi connectivity index (χ1v) is 9.51. The molecule has 0 aliphatic rings. The van der Waals surface area contributed by atoms with Gasteiger partial charge in [0.25, 0.3) is 0 Å². The van der Waals surface area contributed by atoms with E-state index in [1.807, 2.05) is 60.7 Å². The molecule has 1 aromatic heterocycles. The van der Waals surface area contributed by atoms with Crippen molar-refractivity contribution in [3.63, 3.8) is 0 Å². The van der Waals surface area contributed by atoms with Crippen molar-refractivity contribution in [1.82, 2.24) is 4.98 Å². The molecule has 0 N–H and O–H groups in total. The van der Waals surface area contributed by atoms with Crippen LogP contribution in [0.15, 0.2) is 84.1 Å². The molecule has 0 bridgehead atoms. The van der Waals surface area contributed by atoms with Crippen molar-refractivity contribution in [3.05, 3.63) is 90.3 Å². The number of pyridine rings is 1. The highest BCUT2D eigenvalue weighted by atomic mass is 35.5. The van der Waals surface area contributed by atoms with Crippen molar-refractivity contribution in [2.75, 3.05) is 4.42 Å². The predicted octanol–water partition coefficient (Wildman–Crippen LogP) is 6.15. The first-order valence-electron chi connectivity index (χ1n) is 9.17. The normalized spacial score (nSPS) is 10.9. The Balaban J connectivity index is 1.97. The summed E-state index contributed by atoms with van der Waals surface area (Å²) in [5, 5.41) is 0. The van der Waals surface area contributed by atoms with Crippen LogP contribution >= 0.6 is 11.8 Å². The van der Waals surface area contributed by atoms with Gasteiger partial charge in [0.15, 0.2) is 0 Å². The second-order valence-corrected chi connectivity index (χ2v) is 7.69. The summed E-state index contributed by atoms with van der Waals surface area (Å²) in [6, 6.07) is 21.5. The largest absolute Gasteiger partial charge is 0.443 e. The van der Waals surface area contributed by atoms with Crippen LogP contribution in [0.3, 0.4) is 0 Å². The summed E-state index contributed by atoms with van der Waals surface area (Å²) < 4.78 is 6.21. The number of aromatic nitrogens is 1. The van der Waals surface area contributed by atoms with Gasteiger partial charge in [-0.1, -0.05) is 60.7 Å². The molecule has 0 saturated heterocycles. The molecular weight excluding hydrogens is 386 g/mol. The van der Waals surface area contributed by atoms with Crippen molar-refractivity contribution in [2.24, 2.45) is 4.99 Å². The molecule has 1 amide bonds. The number of carbonyl (C=O) groups is 1. The maximum atomic E-state index is 12.2. The number of hydrogen-bond acceptors (Lipinski definition) is 4. The van der Waals surface area contributed by atoms with E-state index in [9.17, 15) is 4.79 Å². The Kier molecular flexibility index (Phi) is 6.29. The SMILES string of the molecule is CC(C)(C)OC(=O)N(Cl)c1cncc(N=C(c2ccccc2)c2ccccc2)c1. The number of amides is 1. The molecule has 3 aromatic rings. The molecule has 6 heteroatoms. The summed E-state index contributed by atoms with van der Waals surface area (Å²) in [6.45, 7) is 5.34. The van der Waals surface area contributed by atoms with Gasteiger partial charge in [0.2, 0.25) is 0 Å². The van der Waals surface area contributed by atoms with E-state index in [4.69, 9.17) is 21.5 Å². The lowest BCUT2D eigenvalue weighted by Gasteiger charge is -2.22. The summed E-state index contributed by atoms with van der Waals surface area (Å²) in [6.07, 6.45) is 2.43. The summed E-state index contributed by atoms with van der Waals surface area (Å²) in [7, 11) is 0. The molecule has 0 unspecified atom stereocenters. The van der Waals surface area contributed by atoms with Crippen LogP contribution in [-0.2, 0) is 4.74 Å². The fourth-order valence-corrected chi connectivity index (χ4v) is 2.74. The van der Waals surface area contributed by atoms with Crippen LogP contribution in [0, 0.1) is 0 Å². The van der Waals surface area contributed by atoms with E-state index >= 15 is 0 Å². The van der Waals surface area contributed by atoms with Crippen molar-refractivity contribution >= 4 is 35.0 Å². The number of rotatable bonds is 4. The number of ether oxygens (including phenoxy) is 1. The number of carbonyl (C=O) groups excluding carboxylic acids is 1. The lowest BCUT2D eigenvalue weighted by Crippen LogP contribution is -2.31. The van der Waals surface area contributed by atoms with Crippen molar-refractivity contribution in [2.45, 2.75) is 26.4 Å². The molecule has 2 aromatic carbocycles. The van der Waals surface area contributed by atoms with Crippen LogP contribution in [0.5, 0.6) is 0 Å². The van der Waals surface area contributed by atoms with Crippen molar-refractivity contribution < 1.29 is 9.53 Å². The van der Waals surface area contributed by atoms with E-state index in [0.29, 0.717) is 11.4 Å². The fourth-order valence-electron chi connectivity index (χ4n) is 2.61. The Morgan fingerprint density at radius 3 is 2.03 bits per heavy atom. The first kappa shape index (κ1) is 20.6. The molecule has 0 atom stereocenters. The molecule has 0 spiro atoms. The molecule has 1 heterocycles. The Bertz CT molecular complexity index is 958. The maximum Gasteiger partial charge on any atom is 0.429 e. The van der Waals surface area contributed by atoms with Gasteiger partial charge in [0.1, 0.15) is 5.60 Å². The second kappa shape index (κ2) is 8.88. The standard InChI is InChI=1S/C23H22ClN3O2/c1-23(2,3)29-22(28)27(24)20-14-19(15-25-16-20)26-21(17-10-6-4-7-11-17)18-12-8-5-9-13-18/h4-16H,1-3H3. The van der Waals surface area contributed by atoms with Gasteiger partial charge < -0.3 is 4.74 Å². The van der Waals surface area contributed by atoms with Gasteiger partial charge in [0, 0.05) is 22.9 Å². The topological polar surface area (TPSA) is 54.8 Å². The van der Waals surface area contributed by atoms with E-state index < -0.39 is 11.7 Å². The van der Waals surface area contributed by atoms with Crippen molar-refractivity contribution in [1.29, 1.82) is 0 Å². The van der Waals surface area contributed by atoms with Gasteiger partial charge in [-0.25, -0.2) is 9.79 Å². The van der Waals surface area contributed by atoms with Crippen LogP contribution in [-0.4, -0.2) is 22.4 Å². The van der Waals surface area contributed by atoms with Gasteiger partial charge in [-0.2, -0.15) is 4.42 Å². The van der Waals surface area contributed by atoms with Gasteiger partial charge >= 0.3 is 6.09 Å². The molecule has 0 aliphatic carbocycles. The van der Waals surface area contributed by atoms with E-state index in [1.165, 1.54) is 6.20 Å². The zero-order valence-corrected chi connectivity index (χ0v) is 17.3. The summed E-state index contributed by atoms with van der Waals surface area (Å²) in [5.41, 5.74) is 3.03. The summed E-state index contributed by atoms with van der Waals surface area (Å²) in [5.74, 6) is 0. The van der Waals surface area contributed by atoms with Gasteiger partial charge in [-0.15, -0.1) is 0 Å². The molecule has 148 valence electrons. The number of anilines is 1. The molecule has 29 heavy (non-hydrogen) atoms. The average molecular weight is 408 g/mol. The van der Waals surface area contributed by atoms with E-state index in [1.54, 1.807) is 33.0 Å². The molecule has 3 rings (SSSR count). The quantitative estimate of drug-likeness (QED) is 0.385. The number of halogens is 1. The third-order valence-electron chi connectivity index (χ3n) is 3.83. The van der Waals surface area contributed by atoms with Gasteiger partial charge in [-0.05, 0) is 26.8 Å². The summed E-state index contributed by atoms with van der Waals surface area (Å²) in [4.78, 5) is 21.2. The van der Waals surface area contributed by atoms with Crippen LogP contribution in [0.4, 0.5) is 16.2 Å². The van der Waals surface area contributed by atoms with Crippen molar-refractivity contribution in [3.8, 4) is 0 Å². The van der Waals surface area contributed by atoms with E-state index in [0.717, 1.165) is 21.3 Å². The molecular formula is C23H22ClN3O2. The zero-order chi connectivity index (χ0) is 20.9. The van der Waals surface area contributed by atoms with Crippen LogP contribution < -0.4 is 4.42 Å². The van der Waals surface area contributed by atoms with E-state index in [-0.39, 0.29) is 0 Å². The van der Waals surface area contributed by atoms with E-state index in [2.05, 4.69) is 4.98 Å². The Morgan fingerprint density at radius 1 is 0.966 bits per heavy atom. The lowest BCUT2D eigenvalue weighted by atomic mass is 10.0. The van der Waals surface area contributed by atoms with Crippen LogP contribution in [0.1, 0.15) is 31.9 Å². The smallest absolute Gasteiger partial charge is 0.429 e. The number of aliphatic imine (C=N–C) groups is 1. The van der Waals surface area contributed by atoms with Crippen LogP contribution in [0.25, 0.3) is 0 Å². The number of nitrogens with zero attached hydrogens (tertiary/aromatic N) is 3. The minimum absolute atomic E-state index is 0.377. The molecule has 0 aliphatic heterocycles. The molecule has 0 saturated carbocycles. The highest BCUT2D eigenvalue weighted by molar-refractivity contribution is 6.35. The summed E-state index contributed by atoms with van der Waals surface area (Å²) >= 11 is 6.18. The monoisotopic (exact) mass is 407 g/mol. The minimum Gasteiger partial charge on any atom is -0.443 e. The lowest BCUT2D eigenvalue weighted by molar-refractivity contribution is 0.0609. The third kappa shape index (κ3) is 5.65. The minimum atomic E-state index is -0.673. The van der Waals surface area contributed by atoms with Gasteiger partial charge in [-0.3, -0.25) is 4.98 Å². The molecule has 0 radical (unpaired) electrons. The average Bonchev–Trinajstić information content (AvgIpc) is 2.72. The first-order chi connectivity index (χ1) is 13.8. The molecule has 5 nitrogen and oxygen atoms in total. The predicted molar refractivity (Wildman–Crippen MR) is 117 cm³/mol. The van der Waals surface area contributed by atoms with Crippen LogP contribution in [0.2, 0.25) is 0 Å². The fraction of sp³-hybridized carbons (Fsp3) is 0.174. The Labute approximate surface area is 175 Å². The number of benzene rings is 2. The maximum absolute atomic E-state index is 12.2. The Morgan fingerprint density at radius 2 is 1.52 bits per heavy atom. The highest BCUT2D eigenvalue weighted by Crippen LogP contribution is 2.25.